The smallest absolute Gasteiger partial charge is 0.408 e. The van der Waals surface area contributed by atoms with Crippen molar-refractivity contribution in [2.75, 3.05) is 12.4 Å². The average Bonchev–Trinajstić information content (AvgIpc) is 3.25. The maximum Gasteiger partial charge on any atom is 0.408 e. The lowest BCUT2D eigenvalue weighted by Crippen LogP contribution is -2.45. The standard InChI is InChI=1S/C27H28FN3O9S/c28-18-11-31(26(36)30-23(18)34)24-22(33)21(32)20(40-24)13-38-25(35)19(15-41-14-17-9-5-2-6-10-17)29-27(37)39-12-16-7-3-1-4-8-16/h1-11,19-22,24,32-33H,12-15H2,(H,29,37)(H,30,34,36)/t19-,20+,21+,22+,24+/m0/s1. The van der Waals surface area contributed by atoms with E-state index in [1.165, 1.54) is 11.8 Å². The molecular formula is C27H28FN3O9S. The SMILES string of the molecule is O=C(N[C@@H](CSCc1ccccc1)C(=O)OC[C@H]1O[C@@H](n2cc(F)c(=O)[nH]c2=O)[C@H](O)[C@@H]1O)OCc1ccccc1. The molecule has 41 heavy (non-hydrogen) atoms. The predicted octanol–water partition coefficient (Wildman–Crippen LogP) is 1.07. The molecule has 14 heteroatoms. The fourth-order valence-electron chi connectivity index (χ4n) is 3.96. The number of aliphatic hydroxyl groups is 2. The van der Waals surface area contributed by atoms with E-state index in [9.17, 15) is 33.8 Å². The van der Waals surface area contributed by atoms with Crippen molar-refractivity contribution in [1.29, 1.82) is 0 Å². The van der Waals surface area contributed by atoms with E-state index in [1.54, 1.807) is 29.2 Å². The van der Waals surface area contributed by atoms with Crippen LogP contribution in [0.5, 0.6) is 0 Å². The fourth-order valence-corrected chi connectivity index (χ4v) is 4.96. The molecule has 4 rings (SSSR count). The van der Waals surface area contributed by atoms with E-state index >= 15 is 0 Å². The number of aromatic nitrogens is 2. The molecule has 5 atom stereocenters. The molecule has 0 bridgehead atoms. The number of aliphatic hydroxyl groups excluding tert-OH is 2. The molecule has 1 aliphatic rings. The molecule has 0 aliphatic carbocycles. The van der Waals surface area contributed by atoms with Crippen LogP contribution in [0.3, 0.4) is 0 Å². The lowest BCUT2D eigenvalue weighted by atomic mass is 10.1. The van der Waals surface area contributed by atoms with E-state index in [-0.39, 0.29) is 12.4 Å². The fraction of sp³-hybridized carbons (Fsp3) is 0.333. The first-order valence-electron chi connectivity index (χ1n) is 12.5. The summed E-state index contributed by atoms with van der Waals surface area (Å²) in [5.41, 5.74) is -0.565. The van der Waals surface area contributed by atoms with Crippen LogP contribution in [0.15, 0.2) is 76.4 Å². The molecule has 1 aromatic heterocycles. The second kappa shape index (κ2) is 14.1. The van der Waals surface area contributed by atoms with Gasteiger partial charge in [-0.3, -0.25) is 14.3 Å². The van der Waals surface area contributed by atoms with Crippen LogP contribution in [0, 0.1) is 5.82 Å². The molecular weight excluding hydrogens is 561 g/mol. The summed E-state index contributed by atoms with van der Waals surface area (Å²) in [6.07, 6.45) is -6.49. The molecule has 1 fully saturated rings. The molecule has 0 unspecified atom stereocenters. The maximum atomic E-state index is 13.7. The minimum absolute atomic E-state index is 0.0162. The number of nitrogens with zero attached hydrogens (tertiary/aromatic N) is 1. The van der Waals surface area contributed by atoms with Crippen molar-refractivity contribution in [3.8, 4) is 0 Å². The first-order chi connectivity index (χ1) is 19.7. The van der Waals surface area contributed by atoms with E-state index < -0.39 is 66.3 Å². The monoisotopic (exact) mass is 589 g/mol. The highest BCUT2D eigenvalue weighted by atomic mass is 32.2. The summed E-state index contributed by atoms with van der Waals surface area (Å²) >= 11 is 1.37. The van der Waals surface area contributed by atoms with Crippen molar-refractivity contribution in [2.45, 2.75) is 42.9 Å². The van der Waals surface area contributed by atoms with Crippen LogP contribution >= 0.6 is 11.8 Å². The first-order valence-corrected chi connectivity index (χ1v) is 13.7. The quantitative estimate of drug-likeness (QED) is 0.237. The first kappa shape index (κ1) is 30.0. The van der Waals surface area contributed by atoms with Gasteiger partial charge in [-0.05, 0) is 11.1 Å². The summed E-state index contributed by atoms with van der Waals surface area (Å²) in [4.78, 5) is 50.6. The number of H-pyrrole nitrogens is 1. The Balaban J connectivity index is 1.37. The van der Waals surface area contributed by atoms with Crippen LogP contribution in [-0.2, 0) is 31.4 Å². The van der Waals surface area contributed by atoms with Gasteiger partial charge in [0, 0.05) is 11.5 Å². The van der Waals surface area contributed by atoms with E-state index in [4.69, 9.17) is 14.2 Å². The van der Waals surface area contributed by atoms with Crippen LogP contribution in [0.2, 0.25) is 0 Å². The lowest BCUT2D eigenvalue weighted by Gasteiger charge is -2.20. The molecule has 1 saturated heterocycles. The lowest BCUT2D eigenvalue weighted by molar-refractivity contribution is -0.151. The molecule has 2 heterocycles. The zero-order valence-corrected chi connectivity index (χ0v) is 22.4. The van der Waals surface area contributed by atoms with Gasteiger partial charge in [0.1, 0.15) is 37.6 Å². The summed E-state index contributed by atoms with van der Waals surface area (Å²) in [6, 6.07) is 17.3. The number of alkyl carbamates (subject to hydrolysis) is 1. The van der Waals surface area contributed by atoms with E-state index in [1.807, 2.05) is 36.4 Å². The van der Waals surface area contributed by atoms with Crippen LogP contribution in [0.1, 0.15) is 17.4 Å². The van der Waals surface area contributed by atoms with Crippen molar-refractivity contribution in [1.82, 2.24) is 14.9 Å². The highest BCUT2D eigenvalue weighted by Crippen LogP contribution is 2.28. The summed E-state index contributed by atoms with van der Waals surface area (Å²) in [6.45, 7) is -0.577. The molecule has 218 valence electrons. The Morgan fingerprint density at radius 1 is 1.02 bits per heavy atom. The van der Waals surface area contributed by atoms with Gasteiger partial charge in [-0.2, -0.15) is 16.2 Å². The van der Waals surface area contributed by atoms with E-state index in [0.717, 1.165) is 11.1 Å². The number of ether oxygens (including phenoxy) is 3. The molecule has 0 saturated carbocycles. The van der Waals surface area contributed by atoms with E-state index in [0.29, 0.717) is 16.5 Å². The van der Waals surface area contributed by atoms with Gasteiger partial charge in [-0.25, -0.2) is 14.4 Å². The molecule has 3 aromatic rings. The van der Waals surface area contributed by atoms with Gasteiger partial charge >= 0.3 is 17.8 Å². The van der Waals surface area contributed by atoms with Crippen LogP contribution in [0.25, 0.3) is 0 Å². The minimum Gasteiger partial charge on any atom is -0.461 e. The third kappa shape index (κ3) is 8.04. The summed E-state index contributed by atoms with van der Waals surface area (Å²) < 4.78 is 30.3. The normalized spacial score (nSPS) is 20.8. The van der Waals surface area contributed by atoms with Gasteiger partial charge in [0.2, 0.25) is 5.82 Å². The molecule has 1 aliphatic heterocycles. The highest BCUT2D eigenvalue weighted by Gasteiger charge is 2.45. The van der Waals surface area contributed by atoms with Crippen molar-refractivity contribution >= 4 is 23.8 Å². The number of aromatic amines is 1. The number of amides is 1. The third-order valence-electron chi connectivity index (χ3n) is 6.11. The minimum atomic E-state index is -1.70. The summed E-state index contributed by atoms with van der Waals surface area (Å²) in [7, 11) is 0. The Bertz CT molecular complexity index is 1440. The zero-order chi connectivity index (χ0) is 29.4. The summed E-state index contributed by atoms with van der Waals surface area (Å²) in [5.74, 6) is -1.48. The third-order valence-corrected chi connectivity index (χ3v) is 7.22. The maximum absolute atomic E-state index is 13.7. The van der Waals surface area contributed by atoms with Crippen molar-refractivity contribution in [2.24, 2.45) is 0 Å². The Morgan fingerprint density at radius 3 is 2.37 bits per heavy atom. The number of halogens is 1. The second-order valence-electron chi connectivity index (χ2n) is 9.08. The molecule has 4 N–H and O–H groups in total. The molecule has 0 radical (unpaired) electrons. The van der Waals surface area contributed by atoms with Gasteiger partial charge in [0.05, 0.1) is 6.20 Å². The Kier molecular flexibility index (Phi) is 10.3. The number of carbonyl (C=O) groups is 2. The molecule has 0 spiro atoms. The Labute approximate surface area is 237 Å². The Morgan fingerprint density at radius 2 is 1.68 bits per heavy atom. The number of carbonyl (C=O) groups excluding carboxylic acids is 2. The number of hydrogen-bond donors (Lipinski definition) is 4. The zero-order valence-electron chi connectivity index (χ0n) is 21.6. The van der Waals surface area contributed by atoms with Gasteiger partial charge in [-0.1, -0.05) is 60.7 Å². The number of benzene rings is 2. The largest absolute Gasteiger partial charge is 0.461 e. The van der Waals surface area contributed by atoms with Crippen LogP contribution < -0.4 is 16.6 Å². The van der Waals surface area contributed by atoms with Crippen molar-refractivity contribution in [3.63, 3.8) is 0 Å². The van der Waals surface area contributed by atoms with Gasteiger partial charge in [0.25, 0.3) is 5.56 Å². The van der Waals surface area contributed by atoms with Gasteiger partial charge in [-0.15, -0.1) is 0 Å². The van der Waals surface area contributed by atoms with Crippen molar-refractivity contribution in [3.05, 3.63) is 105 Å². The Hall–Kier alpha value is -3.98. The number of rotatable bonds is 11. The van der Waals surface area contributed by atoms with Crippen LogP contribution in [-0.4, -0.2) is 68.5 Å². The number of hydrogen-bond acceptors (Lipinski definition) is 10. The van der Waals surface area contributed by atoms with Gasteiger partial charge < -0.3 is 29.7 Å². The number of nitrogens with one attached hydrogen (secondary N) is 2. The van der Waals surface area contributed by atoms with E-state index in [2.05, 4.69) is 5.32 Å². The highest BCUT2D eigenvalue weighted by molar-refractivity contribution is 7.98. The number of thioether (sulfide) groups is 1. The van der Waals surface area contributed by atoms with Crippen LogP contribution in [0.4, 0.5) is 9.18 Å². The van der Waals surface area contributed by atoms with Crippen molar-refractivity contribution < 1.29 is 38.4 Å². The topological polar surface area (TPSA) is 169 Å². The molecule has 2 aromatic carbocycles. The van der Waals surface area contributed by atoms with Gasteiger partial charge in [0.15, 0.2) is 6.23 Å². The summed E-state index contributed by atoms with van der Waals surface area (Å²) in [5, 5.41) is 23.3. The molecule has 12 nitrogen and oxygen atoms in total. The average molecular weight is 590 g/mol. The number of esters is 1. The predicted molar refractivity (Wildman–Crippen MR) is 144 cm³/mol. The second-order valence-corrected chi connectivity index (χ2v) is 10.1. The molecule has 1 amide bonds.